The average molecular weight is 283 g/mol. The van der Waals surface area contributed by atoms with Gasteiger partial charge in [-0.3, -0.25) is 4.79 Å². The molecule has 1 aliphatic heterocycles. The molecule has 0 radical (unpaired) electrons. The Morgan fingerprint density at radius 1 is 1.33 bits per heavy atom. The van der Waals surface area contributed by atoms with Crippen molar-refractivity contribution in [3.63, 3.8) is 0 Å². The zero-order valence-electron chi connectivity index (χ0n) is 11.9. The van der Waals surface area contributed by atoms with Crippen LogP contribution in [0.2, 0.25) is 0 Å². The lowest BCUT2D eigenvalue weighted by molar-refractivity contribution is -0.117. The van der Waals surface area contributed by atoms with Crippen LogP contribution in [-0.2, 0) is 4.79 Å². The first-order valence-corrected chi connectivity index (χ1v) is 6.88. The van der Waals surface area contributed by atoms with Crippen molar-refractivity contribution in [2.45, 2.75) is 19.4 Å². The van der Waals surface area contributed by atoms with E-state index in [9.17, 15) is 4.79 Å². The fraction of sp³-hybridized carbons (Fsp3) is 0.400. The molecule has 1 unspecified atom stereocenters. The maximum atomic E-state index is 12.0. The molecule has 6 heteroatoms. The zero-order chi connectivity index (χ0) is 15.2. The third-order valence-electron chi connectivity index (χ3n) is 3.35. The number of carbonyl (C=O) groups is 1. The summed E-state index contributed by atoms with van der Waals surface area (Å²) in [6.45, 7) is 3.09. The molecule has 0 saturated carbocycles. The monoisotopic (exact) mass is 283 g/mol. The predicted octanol–water partition coefficient (Wildman–Crippen LogP) is 1.53. The number of carbonyl (C=O) groups excluding carboxylic acids is 1. The number of amides is 1. The van der Waals surface area contributed by atoms with E-state index in [1.165, 1.54) is 0 Å². The largest absolute Gasteiger partial charge is 0.345 e. The number of nitrogens with zero attached hydrogens (tertiary/aromatic N) is 3. The molecule has 0 saturated heterocycles. The van der Waals surface area contributed by atoms with Crippen LogP contribution < -0.4 is 15.5 Å². The number of nitriles is 2. The van der Waals surface area contributed by atoms with Crippen LogP contribution in [-0.4, -0.2) is 25.5 Å². The number of hydrogen-bond donors (Lipinski definition) is 2. The highest BCUT2D eigenvalue weighted by Gasteiger charge is 2.30. The third-order valence-corrected chi connectivity index (χ3v) is 3.35. The van der Waals surface area contributed by atoms with Gasteiger partial charge in [-0.05, 0) is 25.1 Å². The van der Waals surface area contributed by atoms with Crippen LogP contribution in [0.3, 0.4) is 0 Å². The normalized spacial score (nSPS) is 15.8. The maximum Gasteiger partial charge on any atom is 0.246 e. The van der Waals surface area contributed by atoms with Gasteiger partial charge in [0.1, 0.15) is 19.1 Å². The first kappa shape index (κ1) is 14.8. The molecule has 2 N–H and O–H groups in total. The van der Waals surface area contributed by atoms with E-state index in [0.29, 0.717) is 0 Å². The number of fused-ring (bicyclic) bond motifs is 1. The maximum absolute atomic E-state index is 12.0. The lowest BCUT2D eigenvalue weighted by Crippen LogP contribution is -2.28. The SMILES string of the molecule is CCCNC1C(=O)Nc2cc(N(CC#N)CC#N)ccc21. The Hall–Kier alpha value is -2.57. The fourth-order valence-electron chi connectivity index (χ4n) is 2.35. The van der Waals surface area contributed by atoms with E-state index < -0.39 is 0 Å². The predicted molar refractivity (Wildman–Crippen MR) is 79.5 cm³/mol. The highest BCUT2D eigenvalue weighted by Crippen LogP contribution is 2.34. The molecule has 1 heterocycles. The van der Waals surface area contributed by atoms with Crippen LogP contribution in [0.4, 0.5) is 11.4 Å². The molecule has 0 aromatic heterocycles. The van der Waals surface area contributed by atoms with Gasteiger partial charge in [0, 0.05) is 16.9 Å². The van der Waals surface area contributed by atoms with Crippen LogP contribution in [0.15, 0.2) is 18.2 Å². The molecule has 1 aliphatic rings. The molecule has 108 valence electrons. The number of benzene rings is 1. The second-order valence-electron chi connectivity index (χ2n) is 4.82. The molecule has 1 aromatic carbocycles. The van der Waals surface area contributed by atoms with E-state index in [1.54, 1.807) is 4.90 Å². The zero-order valence-corrected chi connectivity index (χ0v) is 11.9. The standard InChI is InChI=1S/C15H17N5O/c1-2-7-18-14-12-4-3-11(10-13(12)19-15(14)21)20(8-5-16)9-6-17/h3-4,10,14,18H,2,7-9H2,1H3,(H,19,21). The van der Waals surface area contributed by atoms with Crippen molar-refractivity contribution in [2.75, 3.05) is 29.9 Å². The van der Waals surface area contributed by atoms with Crippen LogP contribution in [0, 0.1) is 22.7 Å². The average Bonchev–Trinajstić information content (AvgIpc) is 2.79. The Morgan fingerprint density at radius 2 is 2.05 bits per heavy atom. The molecule has 0 bridgehead atoms. The van der Waals surface area contributed by atoms with Gasteiger partial charge >= 0.3 is 0 Å². The van der Waals surface area contributed by atoms with E-state index >= 15 is 0 Å². The van der Waals surface area contributed by atoms with Gasteiger partial charge in [0.05, 0.1) is 12.1 Å². The highest BCUT2D eigenvalue weighted by molar-refractivity contribution is 6.03. The smallest absolute Gasteiger partial charge is 0.246 e. The summed E-state index contributed by atoms with van der Waals surface area (Å²) < 4.78 is 0. The number of rotatable bonds is 6. The van der Waals surface area contributed by atoms with Gasteiger partial charge in [0.15, 0.2) is 0 Å². The topological polar surface area (TPSA) is 91.9 Å². The molecule has 1 amide bonds. The van der Waals surface area contributed by atoms with Crippen LogP contribution >= 0.6 is 0 Å². The molecule has 21 heavy (non-hydrogen) atoms. The summed E-state index contributed by atoms with van der Waals surface area (Å²) in [5, 5.41) is 23.7. The van der Waals surface area contributed by atoms with Gasteiger partial charge in [0.2, 0.25) is 5.91 Å². The summed E-state index contributed by atoms with van der Waals surface area (Å²) in [5.74, 6) is -0.0669. The van der Waals surface area contributed by atoms with Crippen molar-refractivity contribution in [3.8, 4) is 12.1 Å². The molecule has 1 atom stereocenters. The van der Waals surface area contributed by atoms with Crippen molar-refractivity contribution < 1.29 is 4.79 Å². The highest BCUT2D eigenvalue weighted by atomic mass is 16.2. The fourth-order valence-corrected chi connectivity index (χ4v) is 2.35. The summed E-state index contributed by atoms with van der Waals surface area (Å²) in [4.78, 5) is 13.6. The summed E-state index contributed by atoms with van der Waals surface area (Å²) in [6.07, 6.45) is 0.954. The molecular formula is C15H17N5O. The van der Waals surface area contributed by atoms with Gasteiger partial charge in [-0.2, -0.15) is 10.5 Å². The summed E-state index contributed by atoms with van der Waals surface area (Å²) in [7, 11) is 0. The van der Waals surface area contributed by atoms with E-state index in [2.05, 4.69) is 10.6 Å². The van der Waals surface area contributed by atoms with Gasteiger partial charge in [-0.25, -0.2) is 0 Å². The number of anilines is 2. The van der Waals surface area contributed by atoms with E-state index in [-0.39, 0.29) is 25.0 Å². The Bertz CT molecular complexity index is 597. The van der Waals surface area contributed by atoms with Crippen LogP contribution in [0.1, 0.15) is 24.9 Å². The lowest BCUT2D eigenvalue weighted by atomic mass is 10.1. The van der Waals surface area contributed by atoms with Crippen molar-refractivity contribution in [1.29, 1.82) is 10.5 Å². The quantitative estimate of drug-likeness (QED) is 0.772. The summed E-state index contributed by atoms with van der Waals surface area (Å²) in [5.41, 5.74) is 2.41. The minimum Gasteiger partial charge on any atom is -0.345 e. The molecule has 1 aromatic rings. The first-order chi connectivity index (χ1) is 10.2. The molecule has 0 spiro atoms. The van der Waals surface area contributed by atoms with E-state index in [4.69, 9.17) is 10.5 Å². The molecule has 2 rings (SSSR count). The summed E-state index contributed by atoms with van der Waals surface area (Å²) in [6, 6.07) is 9.28. The minimum atomic E-state index is -0.325. The Morgan fingerprint density at radius 3 is 2.67 bits per heavy atom. The molecule has 6 nitrogen and oxygen atoms in total. The van der Waals surface area contributed by atoms with Crippen LogP contribution in [0.25, 0.3) is 0 Å². The second-order valence-corrected chi connectivity index (χ2v) is 4.82. The molecular weight excluding hydrogens is 266 g/mol. The van der Waals surface area contributed by atoms with E-state index in [1.807, 2.05) is 37.3 Å². The van der Waals surface area contributed by atoms with Gasteiger partial charge in [-0.15, -0.1) is 0 Å². The van der Waals surface area contributed by atoms with Gasteiger partial charge in [0.25, 0.3) is 0 Å². The number of nitrogens with one attached hydrogen (secondary N) is 2. The third kappa shape index (κ3) is 3.13. The first-order valence-electron chi connectivity index (χ1n) is 6.88. The Balaban J connectivity index is 2.25. The summed E-state index contributed by atoms with van der Waals surface area (Å²) >= 11 is 0. The van der Waals surface area contributed by atoms with Crippen molar-refractivity contribution in [3.05, 3.63) is 23.8 Å². The van der Waals surface area contributed by atoms with Crippen molar-refractivity contribution in [2.24, 2.45) is 0 Å². The lowest BCUT2D eigenvalue weighted by Gasteiger charge is -2.19. The Kier molecular flexibility index (Phi) is 4.76. The molecule has 0 fully saturated rings. The van der Waals surface area contributed by atoms with Gasteiger partial charge < -0.3 is 15.5 Å². The molecule has 0 aliphatic carbocycles. The van der Waals surface area contributed by atoms with Crippen molar-refractivity contribution in [1.82, 2.24) is 5.32 Å². The van der Waals surface area contributed by atoms with Crippen molar-refractivity contribution >= 4 is 17.3 Å². The minimum absolute atomic E-state index is 0.0669. The second kappa shape index (κ2) is 6.74. The Labute approximate surface area is 124 Å². The van der Waals surface area contributed by atoms with Crippen LogP contribution in [0.5, 0.6) is 0 Å². The van der Waals surface area contributed by atoms with E-state index in [0.717, 1.165) is 29.9 Å². The number of hydrogen-bond acceptors (Lipinski definition) is 5. The van der Waals surface area contributed by atoms with Gasteiger partial charge in [-0.1, -0.05) is 13.0 Å².